The average molecular weight is 337 g/mol. The van der Waals surface area contributed by atoms with Crippen LogP contribution in [0.25, 0.3) is 0 Å². The van der Waals surface area contributed by atoms with Crippen molar-refractivity contribution in [2.45, 2.75) is 4.90 Å². The molecule has 1 heterocycles. The lowest BCUT2D eigenvalue weighted by atomic mass is 10.2. The Morgan fingerprint density at radius 1 is 0.833 bits per heavy atom. The van der Waals surface area contributed by atoms with E-state index in [1.54, 1.807) is 54.9 Å². The van der Waals surface area contributed by atoms with E-state index in [9.17, 15) is 8.42 Å². The van der Waals surface area contributed by atoms with Crippen LogP contribution in [-0.2, 0) is 10.0 Å². The van der Waals surface area contributed by atoms with Gasteiger partial charge in [-0.25, -0.2) is 0 Å². The first kappa shape index (κ1) is 15.9. The molecule has 0 bridgehead atoms. The van der Waals surface area contributed by atoms with Crippen LogP contribution in [0.4, 0.5) is 5.69 Å². The maximum atomic E-state index is 12.6. The molecule has 0 saturated carbocycles. The van der Waals surface area contributed by atoms with Crippen LogP contribution in [0.1, 0.15) is 5.56 Å². The molecular weight excluding hydrogens is 322 g/mol. The molecule has 0 amide bonds. The molecule has 0 radical (unpaired) electrons. The number of benzene rings is 2. The van der Waals surface area contributed by atoms with Crippen molar-refractivity contribution in [2.24, 2.45) is 4.40 Å². The molecule has 0 spiro atoms. The summed E-state index contributed by atoms with van der Waals surface area (Å²) in [5.74, 6) is 0.255. The Hall–Kier alpha value is -2.99. The van der Waals surface area contributed by atoms with Crippen molar-refractivity contribution >= 4 is 21.5 Å². The molecule has 1 N–H and O–H groups in total. The smallest absolute Gasteiger partial charge is 0.284 e. The molecule has 5 nitrogen and oxygen atoms in total. The largest absolute Gasteiger partial charge is 0.339 e. The van der Waals surface area contributed by atoms with Crippen molar-refractivity contribution in [1.82, 2.24) is 4.98 Å². The van der Waals surface area contributed by atoms with Crippen molar-refractivity contribution < 1.29 is 8.42 Å². The first-order valence-electron chi connectivity index (χ1n) is 7.28. The number of aromatic nitrogens is 1. The number of nitrogens with one attached hydrogen (secondary N) is 1. The summed E-state index contributed by atoms with van der Waals surface area (Å²) in [5, 5.41) is 3.05. The normalized spacial score (nSPS) is 11.9. The summed E-state index contributed by atoms with van der Waals surface area (Å²) in [6, 6.07) is 20.7. The van der Waals surface area contributed by atoms with E-state index in [1.807, 2.05) is 18.2 Å². The zero-order valence-corrected chi connectivity index (χ0v) is 13.5. The Morgan fingerprint density at radius 2 is 1.42 bits per heavy atom. The summed E-state index contributed by atoms with van der Waals surface area (Å²) in [6.07, 6.45) is 3.24. The van der Waals surface area contributed by atoms with Crippen LogP contribution < -0.4 is 5.32 Å². The van der Waals surface area contributed by atoms with Crippen LogP contribution >= 0.6 is 0 Å². The number of amidine groups is 1. The van der Waals surface area contributed by atoms with Crippen molar-refractivity contribution in [2.75, 3.05) is 5.32 Å². The molecule has 2 aromatic carbocycles. The summed E-state index contributed by atoms with van der Waals surface area (Å²) in [4.78, 5) is 4.10. The molecule has 3 aromatic rings. The number of pyridine rings is 1. The minimum Gasteiger partial charge on any atom is -0.339 e. The third kappa shape index (κ3) is 3.85. The van der Waals surface area contributed by atoms with Crippen LogP contribution in [0, 0.1) is 0 Å². The fourth-order valence-electron chi connectivity index (χ4n) is 2.08. The number of sulfonamides is 1. The maximum absolute atomic E-state index is 12.6. The van der Waals surface area contributed by atoms with Gasteiger partial charge in [-0.15, -0.1) is 4.40 Å². The standard InChI is InChI=1S/C18H15N3O2S/c22-24(23,17-9-5-2-6-10-17)21-18(15-7-3-1-4-8-15)20-16-11-13-19-14-12-16/h1-14H,(H,19,20,21). The van der Waals surface area contributed by atoms with Crippen molar-refractivity contribution in [3.8, 4) is 0 Å². The van der Waals surface area contributed by atoms with Gasteiger partial charge in [-0.05, 0) is 24.3 Å². The first-order valence-corrected chi connectivity index (χ1v) is 8.72. The van der Waals surface area contributed by atoms with Gasteiger partial charge in [0.15, 0.2) is 5.84 Å². The number of hydrogen-bond acceptors (Lipinski definition) is 3. The van der Waals surface area contributed by atoms with Crippen LogP contribution in [0.15, 0.2) is 94.5 Å². The van der Waals surface area contributed by atoms with Gasteiger partial charge in [0.05, 0.1) is 4.90 Å². The molecule has 0 atom stereocenters. The molecule has 3 rings (SSSR count). The molecule has 120 valence electrons. The third-order valence-electron chi connectivity index (χ3n) is 3.24. The molecule has 0 fully saturated rings. The predicted molar refractivity (Wildman–Crippen MR) is 94.5 cm³/mol. The maximum Gasteiger partial charge on any atom is 0.284 e. The van der Waals surface area contributed by atoms with E-state index in [0.29, 0.717) is 11.3 Å². The number of rotatable bonds is 4. The van der Waals surface area contributed by atoms with Gasteiger partial charge in [0, 0.05) is 23.6 Å². The summed E-state index contributed by atoms with van der Waals surface area (Å²) >= 11 is 0. The topological polar surface area (TPSA) is 71.4 Å². The first-order chi connectivity index (χ1) is 11.6. The monoisotopic (exact) mass is 337 g/mol. The Bertz CT molecular complexity index is 926. The van der Waals surface area contributed by atoms with E-state index in [2.05, 4.69) is 14.7 Å². The van der Waals surface area contributed by atoms with E-state index < -0.39 is 10.0 Å². The van der Waals surface area contributed by atoms with Crippen molar-refractivity contribution in [1.29, 1.82) is 0 Å². The highest BCUT2D eigenvalue weighted by atomic mass is 32.2. The molecule has 0 saturated heterocycles. The molecule has 24 heavy (non-hydrogen) atoms. The van der Waals surface area contributed by atoms with Gasteiger partial charge in [0.1, 0.15) is 0 Å². The molecule has 1 aromatic heterocycles. The van der Waals surface area contributed by atoms with Crippen LogP contribution in [0.2, 0.25) is 0 Å². The zero-order valence-electron chi connectivity index (χ0n) is 12.7. The van der Waals surface area contributed by atoms with Gasteiger partial charge in [-0.1, -0.05) is 48.5 Å². The van der Waals surface area contributed by atoms with E-state index >= 15 is 0 Å². The average Bonchev–Trinajstić information content (AvgIpc) is 2.63. The fraction of sp³-hybridized carbons (Fsp3) is 0. The fourth-order valence-corrected chi connectivity index (χ4v) is 3.08. The Labute approximate surface area is 140 Å². The Balaban J connectivity index is 2.04. The quantitative estimate of drug-likeness (QED) is 0.585. The lowest BCUT2D eigenvalue weighted by molar-refractivity contribution is 0.598. The molecule has 0 unspecified atom stereocenters. The van der Waals surface area contributed by atoms with Crippen molar-refractivity contribution in [3.63, 3.8) is 0 Å². The van der Waals surface area contributed by atoms with E-state index in [1.165, 1.54) is 12.1 Å². The number of hydrogen-bond donors (Lipinski definition) is 1. The second-order valence-electron chi connectivity index (χ2n) is 4.95. The summed E-state index contributed by atoms with van der Waals surface area (Å²) in [7, 11) is -3.82. The van der Waals surface area contributed by atoms with E-state index in [-0.39, 0.29) is 10.7 Å². The number of anilines is 1. The summed E-state index contributed by atoms with van der Waals surface area (Å²) < 4.78 is 29.1. The Morgan fingerprint density at radius 3 is 2.04 bits per heavy atom. The van der Waals surface area contributed by atoms with Gasteiger partial charge in [0.25, 0.3) is 10.0 Å². The third-order valence-corrected chi connectivity index (χ3v) is 4.53. The zero-order chi connectivity index (χ0) is 16.8. The minimum absolute atomic E-state index is 0.148. The Kier molecular flexibility index (Phi) is 4.67. The van der Waals surface area contributed by atoms with Gasteiger partial charge in [-0.2, -0.15) is 8.42 Å². The summed E-state index contributed by atoms with van der Waals surface area (Å²) in [6.45, 7) is 0. The second-order valence-corrected chi connectivity index (χ2v) is 6.56. The number of nitrogens with zero attached hydrogens (tertiary/aromatic N) is 2. The second kappa shape index (κ2) is 7.06. The minimum atomic E-state index is -3.82. The molecule has 6 heteroatoms. The lowest BCUT2D eigenvalue weighted by Gasteiger charge is -2.10. The molecular formula is C18H15N3O2S. The summed E-state index contributed by atoms with van der Waals surface area (Å²) in [5.41, 5.74) is 1.38. The van der Waals surface area contributed by atoms with Crippen LogP contribution in [-0.4, -0.2) is 19.2 Å². The lowest BCUT2D eigenvalue weighted by Crippen LogP contribution is -2.16. The highest BCUT2D eigenvalue weighted by molar-refractivity contribution is 7.90. The molecule has 0 aliphatic carbocycles. The van der Waals surface area contributed by atoms with E-state index in [4.69, 9.17) is 0 Å². The molecule has 0 aliphatic heterocycles. The van der Waals surface area contributed by atoms with Gasteiger partial charge in [-0.3, -0.25) is 4.98 Å². The van der Waals surface area contributed by atoms with Crippen LogP contribution in [0.5, 0.6) is 0 Å². The highest BCUT2D eigenvalue weighted by Gasteiger charge is 2.15. The van der Waals surface area contributed by atoms with Crippen LogP contribution in [0.3, 0.4) is 0 Å². The SMILES string of the molecule is O=S(=O)(/N=C(/Nc1ccncc1)c1ccccc1)c1ccccc1. The highest BCUT2D eigenvalue weighted by Crippen LogP contribution is 2.15. The van der Waals surface area contributed by atoms with Gasteiger partial charge < -0.3 is 5.32 Å². The predicted octanol–water partition coefficient (Wildman–Crippen LogP) is 3.33. The van der Waals surface area contributed by atoms with Gasteiger partial charge >= 0.3 is 0 Å². The van der Waals surface area contributed by atoms with E-state index in [0.717, 1.165) is 0 Å². The van der Waals surface area contributed by atoms with Crippen molar-refractivity contribution in [3.05, 3.63) is 90.8 Å². The van der Waals surface area contributed by atoms with Gasteiger partial charge in [0.2, 0.25) is 0 Å². The molecule has 0 aliphatic rings.